The van der Waals surface area contributed by atoms with Gasteiger partial charge in [-0.25, -0.2) is 4.79 Å². The second kappa shape index (κ2) is 8.50. The number of rotatable bonds is 3. The van der Waals surface area contributed by atoms with E-state index in [1.807, 2.05) is 13.0 Å². The van der Waals surface area contributed by atoms with E-state index in [1.54, 1.807) is 31.1 Å². The van der Waals surface area contributed by atoms with Crippen molar-refractivity contribution in [1.29, 1.82) is 0 Å². The van der Waals surface area contributed by atoms with Crippen LogP contribution < -0.4 is 9.47 Å². The van der Waals surface area contributed by atoms with Crippen LogP contribution in [0.1, 0.15) is 31.9 Å². The number of carbonyl (C=O) groups excluding carboxylic acids is 3. The number of fused-ring (bicyclic) bond motifs is 3. The average molecular weight is 390 g/mol. The number of hydrogen-bond donors (Lipinski definition) is 0. The molecule has 0 N–H and O–H groups in total. The molecule has 0 radical (unpaired) electrons. The lowest BCUT2D eigenvalue weighted by molar-refractivity contribution is -0.163. The van der Waals surface area contributed by atoms with Crippen molar-refractivity contribution in [3.05, 3.63) is 23.8 Å². The largest absolute Gasteiger partial charge is 0.497 e. The SMILES string of the molecule is CCOC(=O)C(=O)N1CCC(=O)N(CC)C[C@H]2COc3cc(OC)ccc3[C@H]21. The summed E-state index contributed by atoms with van der Waals surface area (Å²) in [7, 11) is 1.57. The maximum Gasteiger partial charge on any atom is 0.397 e. The molecule has 0 aromatic heterocycles. The van der Waals surface area contributed by atoms with Gasteiger partial charge in [-0.1, -0.05) is 0 Å². The van der Waals surface area contributed by atoms with Crippen molar-refractivity contribution in [3.8, 4) is 11.5 Å². The van der Waals surface area contributed by atoms with E-state index in [1.165, 1.54) is 4.90 Å². The molecule has 28 heavy (non-hydrogen) atoms. The van der Waals surface area contributed by atoms with E-state index in [0.717, 1.165) is 5.56 Å². The first-order chi connectivity index (χ1) is 13.5. The summed E-state index contributed by atoms with van der Waals surface area (Å²) in [4.78, 5) is 40.8. The fourth-order valence-corrected chi connectivity index (χ4v) is 3.87. The highest BCUT2D eigenvalue weighted by Gasteiger charge is 2.42. The van der Waals surface area contributed by atoms with Gasteiger partial charge >= 0.3 is 11.9 Å². The second-order valence-electron chi connectivity index (χ2n) is 6.82. The van der Waals surface area contributed by atoms with Crippen molar-refractivity contribution >= 4 is 17.8 Å². The van der Waals surface area contributed by atoms with E-state index in [2.05, 4.69) is 0 Å². The molecule has 1 fully saturated rings. The van der Waals surface area contributed by atoms with Crippen molar-refractivity contribution in [2.75, 3.05) is 40.0 Å². The summed E-state index contributed by atoms with van der Waals surface area (Å²) in [5, 5.41) is 0. The minimum absolute atomic E-state index is 0.0388. The molecular weight excluding hydrogens is 364 g/mol. The lowest BCUT2D eigenvalue weighted by atomic mass is 9.87. The lowest BCUT2D eigenvalue weighted by Crippen LogP contribution is -2.52. The Labute approximate surface area is 164 Å². The number of nitrogens with zero attached hydrogens (tertiary/aromatic N) is 2. The first-order valence-corrected chi connectivity index (χ1v) is 9.56. The Kier molecular flexibility index (Phi) is 6.06. The Morgan fingerprint density at radius 2 is 2.07 bits per heavy atom. The van der Waals surface area contributed by atoms with E-state index >= 15 is 0 Å². The minimum atomic E-state index is -0.900. The summed E-state index contributed by atoms with van der Waals surface area (Å²) < 4.78 is 16.1. The first kappa shape index (κ1) is 20.0. The van der Waals surface area contributed by atoms with Crippen LogP contribution in [-0.2, 0) is 19.1 Å². The quantitative estimate of drug-likeness (QED) is 0.573. The van der Waals surface area contributed by atoms with Gasteiger partial charge in [0.1, 0.15) is 11.5 Å². The van der Waals surface area contributed by atoms with E-state index < -0.39 is 11.9 Å². The van der Waals surface area contributed by atoms with Crippen LogP contribution in [0.4, 0.5) is 0 Å². The van der Waals surface area contributed by atoms with Gasteiger partial charge in [0.2, 0.25) is 5.91 Å². The topological polar surface area (TPSA) is 85.4 Å². The maximum atomic E-state index is 12.9. The Balaban J connectivity index is 2.02. The number of ether oxygens (including phenoxy) is 3. The Morgan fingerprint density at radius 3 is 2.75 bits per heavy atom. The molecule has 2 atom stereocenters. The molecule has 1 saturated heterocycles. The van der Waals surface area contributed by atoms with Crippen LogP contribution in [0.3, 0.4) is 0 Å². The van der Waals surface area contributed by atoms with Crippen LogP contribution in [0.5, 0.6) is 11.5 Å². The zero-order chi connectivity index (χ0) is 20.3. The predicted octanol–water partition coefficient (Wildman–Crippen LogP) is 1.39. The number of hydrogen-bond acceptors (Lipinski definition) is 6. The smallest absolute Gasteiger partial charge is 0.397 e. The Hall–Kier alpha value is -2.77. The van der Waals surface area contributed by atoms with Crippen LogP contribution in [-0.4, -0.2) is 67.5 Å². The van der Waals surface area contributed by atoms with Gasteiger partial charge in [0.05, 0.1) is 26.4 Å². The lowest BCUT2D eigenvalue weighted by Gasteiger charge is -2.44. The molecule has 8 heteroatoms. The molecule has 1 aromatic carbocycles. The molecule has 3 rings (SSSR count). The zero-order valence-corrected chi connectivity index (χ0v) is 16.5. The Morgan fingerprint density at radius 1 is 1.29 bits per heavy atom. The van der Waals surface area contributed by atoms with Crippen LogP contribution in [0, 0.1) is 5.92 Å². The van der Waals surface area contributed by atoms with Gasteiger partial charge in [-0.2, -0.15) is 0 Å². The molecule has 8 nitrogen and oxygen atoms in total. The average Bonchev–Trinajstić information content (AvgIpc) is 2.70. The number of amides is 2. The molecular formula is C20H26N2O6. The maximum absolute atomic E-state index is 12.9. The fourth-order valence-electron chi connectivity index (χ4n) is 3.87. The molecule has 2 aliphatic rings. The highest BCUT2D eigenvalue weighted by atomic mass is 16.5. The molecule has 0 saturated carbocycles. The summed E-state index contributed by atoms with van der Waals surface area (Å²) in [6.45, 7) is 5.23. The van der Waals surface area contributed by atoms with Crippen molar-refractivity contribution in [2.24, 2.45) is 5.92 Å². The highest BCUT2D eigenvalue weighted by molar-refractivity contribution is 6.32. The van der Waals surface area contributed by atoms with E-state index in [0.29, 0.717) is 31.2 Å². The fraction of sp³-hybridized carbons (Fsp3) is 0.550. The first-order valence-electron chi connectivity index (χ1n) is 9.56. The number of esters is 1. The van der Waals surface area contributed by atoms with Gasteiger partial charge in [-0.3, -0.25) is 9.59 Å². The molecule has 0 aliphatic carbocycles. The van der Waals surface area contributed by atoms with E-state index in [4.69, 9.17) is 14.2 Å². The van der Waals surface area contributed by atoms with Crippen molar-refractivity contribution < 1.29 is 28.6 Å². The molecule has 2 amide bonds. The molecule has 0 unspecified atom stereocenters. The predicted molar refractivity (Wildman–Crippen MR) is 99.9 cm³/mol. The molecule has 0 spiro atoms. The minimum Gasteiger partial charge on any atom is -0.497 e. The number of carbonyl (C=O) groups is 3. The zero-order valence-electron chi connectivity index (χ0n) is 16.5. The van der Waals surface area contributed by atoms with Crippen LogP contribution in [0.25, 0.3) is 0 Å². The summed E-state index contributed by atoms with van der Waals surface area (Å²) in [6, 6.07) is 5.06. The van der Waals surface area contributed by atoms with Gasteiger partial charge < -0.3 is 24.0 Å². The number of methoxy groups -OCH3 is 1. The standard InChI is InChI=1S/C20H26N2O6/c1-4-21-11-13-12-28-16-10-14(26-3)6-7-15(16)18(13)22(9-8-17(21)23)19(24)20(25)27-5-2/h6-7,10,13,18H,4-5,8-9,11-12H2,1-3H3/t13-,18-/m0/s1. The van der Waals surface area contributed by atoms with Crippen molar-refractivity contribution in [2.45, 2.75) is 26.3 Å². The third-order valence-corrected chi connectivity index (χ3v) is 5.24. The van der Waals surface area contributed by atoms with Gasteiger partial charge in [0.15, 0.2) is 0 Å². The van der Waals surface area contributed by atoms with E-state index in [9.17, 15) is 14.4 Å². The van der Waals surface area contributed by atoms with Crippen molar-refractivity contribution in [3.63, 3.8) is 0 Å². The van der Waals surface area contributed by atoms with Gasteiger partial charge in [-0.05, 0) is 26.0 Å². The van der Waals surface area contributed by atoms with E-state index in [-0.39, 0.29) is 37.4 Å². The third kappa shape index (κ3) is 3.76. The summed E-state index contributed by atoms with van der Waals surface area (Å²) in [6.07, 6.45) is 0.161. The monoisotopic (exact) mass is 390 g/mol. The van der Waals surface area contributed by atoms with Crippen molar-refractivity contribution in [1.82, 2.24) is 9.80 Å². The summed E-state index contributed by atoms with van der Waals surface area (Å²) >= 11 is 0. The molecule has 1 aromatic rings. The number of benzene rings is 1. The van der Waals surface area contributed by atoms with Gasteiger partial charge in [0.25, 0.3) is 0 Å². The molecule has 152 valence electrons. The van der Waals surface area contributed by atoms with Crippen LogP contribution in [0.15, 0.2) is 18.2 Å². The third-order valence-electron chi connectivity index (χ3n) is 5.24. The normalized spacial score (nSPS) is 21.6. The molecule has 2 aliphatic heterocycles. The molecule has 0 bridgehead atoms. The second-order valence-corrected chi connectivity index (χ2v) is 6.82. The van der Waals surface area contributed by atoms with Crippen LogP contribution in [0.2, 0.25) is 0 Å². The van der Waals surface area contributed by atoms with Gasteiger partial charge in [0, 0.05) is 43.6 Å². The highest BCUT2D eigenvalue weighted by Crippen LogP contribution is 2.42. The molecule has 2 heterocycles. The van der Waals surface area contributed by atoms with Crippen LogP contribution >= 0.6 is 0 Å². The summed E-state index contributed by atoms with van der Waals surface area (Å²) in [5.41, 5.74) is 0.806. The van der Waals surface area contributed by atoms with Gasteiger partial charge in [-0.15, -0.1) is 0 Å². The summed E-state index contributed by atoms with van der Waals surface area (Å²) in [5.74, 6) is -0.540. The Bertz CT molecular complexity index is 765.